The molecule has 78 valence electrons. The average Bonchev–Trinajstić information content (AvgIpc) is 2.60. The molecule has 0 unspecified atom stereocenters. The van der Waals surface area contributed by atoms with Gasteiger partial charge in [-0.2, -0.15) is 5.10 Å². The Hall–Kier alpha value is -1.20. The van der Waals surface area contributed by atoms with Crippen molar-refractivity contribution in [2.24, 2.45) is 7.05 Å². The van der Waals surface area contributed by atoms with Gasteiger partial charge in [0.25, 0.3) is 0 Å². The lowest BCUT2D eigenvalue weighted by Crippen LogP contribution is -1.94. The first-order chi connectivity index (χ1) is 7.18. The Labute approximate surface area is 96.4 Å². The molecule has 2 aromatic rings. The summed E-state index contributed by atoms with van der Waals surface area (Å²) in [5, 5.41) is 5.31. The molecule has 1 aromatic carbocycles. The molecule has 2 rings (SSSR count). The highest BCUT2D eigenvalue weighted by molar-refractivity contribution is 7.99. The van der Waals surface area contributed by atoms with E-state index >= 15 is 0 Å². The molecule has 1 aromatic heterocycles. The van der Waals surface area contributed by atoms with Crippen LogP contribution in [0.1, 0.15) is 0 Å². The quantitative estimate of drug-likeness (QED) is 0.818. The van der Waals surface area contributed by atoms with Gasteiger partial charge in [0, 0.05) is 11.9 Å². The Morgan fingerprint density at radius 2 is 2.27 bits per heavy atom. The third-order valence-electron chi connectivity index (χ3n) is 1.88. The fourth-order valence-electron chi connectivity index (χ4n) is 1.08. The molecule has 0 aliphatic heterocycles. The van der Waals surface area contributed by atoms with Crippen LogP contribution in [0.5, 0.6) is 0 Å². The highest BCUT2D eigenvalue weighted by Crippen LogP contribution is 2.34. The maximum Gasteiger partial charge on any atom is 0.190 e. The number of anilines is 1. The predicted molar refractivity (Wildman–Crippen MR) is 61.0 cm³/mol. The number of halogens is 1. The second-order valence-corrected chi connectivity index (χ2v) is 4.34. The highest BCUT2D eigenvalue weighted by Gasteiger charge is 2.08. The van der Waals surface area contributed by atoms with Crippen molar-refractivity contribution in [2.45, 2.75) is 10.1 Å². The Bertz CT molecular complexity index is 483. The van der Waals surface area contributed by atoms with Gasteiger partial charge in [0.2, 0.25) is 0 Å². The average molecular weight is 241 g/mol. The summed E-state index contributed by atoms with van der Waals surface area (Å²) in [6, 6.07) is 5.52. The molecule has 0 aliphatic rings. The number of aryl methyl sites for hydroxylation is 1. The molecule has 0 saturated carbocycles. The number of nitrogen functional groups attached to an aromatic ring is 1. The van der Waals surface area contributed by atoms with E-state index in [0.29, 0.717) is 10.7 Å². The minimum atomic E-state index is 0.558. The molecule has 4 nitrogen and oxygen atoms in total. The summed E-state index contributed by atoms with van der Waals surface area (Å²) in [6.45, 7) is 0. The normalized spacial score (nSPS) is 10.5. The predicted octanol–water partition coefficient (Wildman–Crippen LogP) is 2.20. The van der Waals surface area contributed by atoms with Crippen LogP contribution in [-0.4, -0.2) is 14.8 Å². The van der Waals surface area contributed by atoms with Crippen molar-refractivity contribution in [1.82, 2.24) is 14.8 Å². The Kier molecular flexibility index (Phi) is 2.83. The first-order valence-electron chi connectivity index (χ1n) is 4.24. The first kappa shape index (κ1) is 10.3. The number of hydrogen-bond donors (Lipinski definition) is 1. The van der Waals surface area contributed by atoms with Gasteiger partial charge in [-0.05, 0) is 23.9 Å². The maximum atomic E-state index is 5.91. The topological polar surface area (TPSA) is 56.7 Å². The van der Waals surface area contributed by atoms with Crippen molar-refractivity contribution < 1.29 is 0 Å². The van der Waals surface area contributed by atoms with Gasteiger partial charge in [-0.25, -0.2) is 9.67 Å². The van der Waals surface area contributed by atoms with Gasteiger partial charge in [-0.15, -0.1) is 0 Å². The number of para-hydroxylation sites is 1. The molecule has 0 saturated heterocycles. The molecular formula is C9H9ClN4S. The Balaban J connectivity index is 2.33. The molecule has 15 heavy (non-hydrogen) atoms. The van der Waals surface area contributed by atoms with Crippen LogP contribution in [0.25, 0.3) is 0 Å². The zero-order valence-electron chi connectivity index (χ0n) is 8.01. The van der Waals surface area contributed by atoms with Crippen LogP contribution in [-0.2, 0) is 7.05 Å². The van der Waals surface area contributed by atoms with Crippen LogP contribution in [0, 0.1) is 0 Å². The Morgan fingerprint density at radius 1 is 1.47 bits per heavy atom. The van der Waals surface area contributed by atoms with Gasteiger partial charge in [0.1, 0.15) is 6.33 Å². The van der Waals surface area contributed by atoms with E-state index < -0.39 is 0 Å². The van der Waals surface area contributed by atoms with Crippen LogP contribution in [0.4, 0.5) is 5.69 Å². The molecule has 0 amide bonds. The standard InChI is InChI=1S/C9H9ClN4S/c1-14-9(12-5-13-14)15-7-4-2-3-6(10)8(7)11/h2-5H,11H2,1H3. The third kappa shape index (κ3) is 2.08. The van der Waals surface area contributed by atoms with Crippen LogP contribution in [0.3, 0.4) is 0 Å². The summed E-state index contributed by atoms with van der Waals surface area (Å²) in [4.78, 5) is 4.99. The number of aromatic nitrogens is 3. The van der Waals surface area contributed by atoms with Gasteiger partial charge in [-0.3, -0.25) is 0 Å². The lowest BCUT2D eigenvalue weighted by molar-refractivity contribution is 0.685. The molecule has 0 spiro atoms. The molecular weight excluding hydrogens is 232 g/mol. The fraction of sp³-hybridized carbons (Fsp3) is 0.111. The summed E-state index contributed by atoms with van der Waals surface area (Å²) < 4.78 is 1.69. The number of nitrogens with zero attached hydrogens (tertiary/aromatic N) is 3. The smallest absolute Gasteiger partial charge is 0.190 e. The minimum Gasteiger partial charge on any atom is -0.397 e. The molecule has 1 heterocycles. The molecule has 2 N–H and O–H groups in total. The van der Waals surface area contributed by atoms with Crippen molar-refractivity contribution in [3.05, 3.63) is 29.5 Å². The molecule has 6 heteroatoms. The fourth-order valence-corrected chi connectivity index (χ4v) is 2.16. The molecule has 0 atom stereocenters. The van der Waals surface area contributed by atoms with Gasteiger partial charge in [0.15, 0.2) is 5.16 Å². The summed E-state index contributed by atoms with van der Waals surface area (Å²) in [7, 11) is 1.83. The van der Waals surface area contributed by atoms with E-state index in [9.17, 15) is 0 Å². The number of rotatable bonds is 2. The van der Waals surface area contributed by atoms with Crippen LogP contribution in [0.2, 0.25) is 5.02 Å². The molecule has 0 bridgehead atoms. The van der Waals surface area contributed by atoms with Gasteiger partial charge < -0.3 is 5.73 Å². The van der Waals surface area contributed by atoms with E-state index in [2.05, 4.69) is 10.1 Å². The lowest BCUT2D eigenvalue weighted by Gasteiger charge is -2.05. The van der Waals surface area contributed by atoms with Gasteiger partial charge >= 0.3 is 0 Å². The number of hydrogen-bond acceptors (Lipinski definition) is 4. The number of nitrogens with two attached hydrogens (primary N) is 1. The molecule has 0 aliphatic carbocycles. The maximum absolute atomic E-state index is 5.91. The van der Waals surface area contributed by atoms with Gasteiger partial charge in [-0.1, -0.05) is 17.7 Å². The SMILES string of the molecule is Cn1ncnc1Sc1cccc(Cl)c1N. The van der Waals surface area contributed by atoms with E-state index in [1.54, 1.807) is 10.7 Å². The second kappa shape index (κ2) is 4.12. The first-order valence-corrected chi connectivity index (χ1v) is 5.44. The summed E-state index contributed by atoms with van der Waals surface area (Å²) in [5.74, 6) is 0. The van der Waals surface area contributed by atoms with Crippen molar-refractivity contribution in [3.63, 3.8) is 0 Å². The Morgan fingerprint density at radius 3 is 2.93 bits per heavy atom. The third-order valence-corrected chi connectivity index (χ3v) is 3.34. The zero-order valence-corrected chi connectivity index (χ0v) is 9.59. The molecule has 0 radical (unpaired) electrons. The van der Waals surface area contributed by atoms with E-state index in [1.807, 2.05) is 19.2 Å². The minimum absolute atomic E-state index is 0.558. The van der Waals surface area contributed by atoms with E-state index in [4.69, 9.17) is 17.3 Å². The van der Waals surface area contributed by atoms with Crippen molar-refractivity contribution in [1.29, 1.82) is 0 Å². The zero-order chi connectivity index (χ0) is 10.8. The number of benzene rings is 1. The van der Waals surface area contributed by atoms with Crippen LogP contribution >= 0.6 is 23.4 Å². The van der Waals surface area contributed by atoms with E-state index in [0.717, 1.165) is 10.1 Å². The van der Waals surface area contributed by atoms with Crippen molar-refractivity contribution >= 4 is 29.1 Å². The lowest BCUT2D eigenvalue weighted by atomic mass is 10.3. The van der Waals surface area contributed by atoms with Crippen molar-refractivity contribution in [2.75, 3.05) is 5.73 Å². The summed E-state index contributed by atoms with van der Waals surface area (Å²) in [5.41, 5.74) is 6.42. The van der Waals surface area contributed by atoms with Crippen molar-refractivity contribution in [3.8, 4) is 0 Å². The highest BCUT2D eigenvalue weighted by atomic mass is 35.5. The monoisotopic (exact) mass is 240 g/mol. The van der Waals surface area contributed by atoms with E-state index in [-0.39, 0.29) is 0 Å². The van der Waals surface area contributed by atoms with Crippen LogP contribution < -0.4 is 5.73 Å². The van der Waals surface area contributed by atoms with Crippen LogP contribution in [0.15, 0.2) is 34.6 Å². The second-order valence-electron chi connectivity index (χ2n) is 2.92. The summed E-state index contributed by atoms with van der Waals surface area (Å²) in [6.07, 6.45) is 1.50. The van der Waals surface area contributed by atoms with Gasteiger partial charge in [0.05, 0.1) is 10.7 Å². The van der Waals surface area contributed by atoms with E-state index in [1.165, 1.54) is 18.1 Å². The summed E-state index contributed by atoms with van der Waals surface area (Å²) >= 11 is 7.35. The molecule has 0 fully saturated rings. The largest absolute Gasteiger partial charge is 0.397 e.